The van der Waals surface area contributed by atoms with Crippen LogP contribution in [0.3, 0.4) is 0 Å². The van der Waals surface area contributed by atoms with Gasteiger partial charge in [0.15, 0.2) is 0 Å². The molecule has 1 heterocycles. The highest BCUT2D eigenvalue weighted by Crippen LogP contribution is 2.30. The normalized spacial score (nSPS) is 10.6. The maximum Gasteiger partial charge on any atom is 0.331 e. The first kappa shape index (κ1) is 17.3. The summed E-state index contributed by atoms with van der Waals surface area (Å²) in [5.74, 6) is -1.26. The predicted molar refractivity (Wildman–Crippen MR) is 91.7 cm³/mol. The number of carbonyl (C=O) groups is 2. The van der Waals surface area contributed by atoms with Crippen molar-refractivity contribution < 1.29 is 24.2 Å². The monoisotopic (exact) mass is 368 g/mol. The van der Waals surface area contributed by atoms with Gasteiger partial charge in [-0.3, -0.25) is 0 Å². The molecule has 120 valence electrons. The summed E-state index contributed by atoms with van der Waals surface area (Å²) in [5, 5.41) is 8.37. The van der Waals surface area contributed by atoms with Crippen molar-refractivity contribution in [1.29, 1.82) is 0 Å². The molecule has 0 spiro atoms. The van der Waals surface area contributed by atoms with Crippen molar-refractivity contribution in [2.45, 2.75) is 0 Å². The van der Waals surface area contributed by atoms with E-state index in [0.29, 0.717) is 5.75 Å². The second-order valence-electron chi connectivity index (χ2n) is 4.21. The topological polar surface area (TPSA) is 72.8 Å². The van der Waals surface area contributed by atoms with E-state index in [1.807, 2.05) is 30.3 Å². The summed E-state index contributed by atoms with van der Waals surface area (Å²) in [6, 6.07) is 9.49. The number of aliphatic carboxylic acids is 1. The average Bonchev–Trinajstić information content (AvgIpc) is 2.96. The molecule has 0 saturated carbocycles. The molecule has 0 unspecified atom stereocenters. The minimum atomic E-state index is -1.20. The summed E-state index contributed by atoms with van der Waals surface area (Å²) in [6.45, 7) is 0.222. The second-order valence-corrected chi connectivity index (χ2v) is 7.12. The third kappa shape index (κ3) is 5.93. The van der Waals surface area contributed by atoms with E-state index in [9.17, 15) is 9.59 Å². The molecule has 0 fully saturated rings. The molecule has 0 aliphatic heterocycles. The number of ether oxygens (including phenoxy) is 2. The van der Waals surface area contributed by atoms with Crippen molar-refractivity contribution in [3.8, 4) is 16.2 Å². The van der Waals surface area contributed by atoms with Gasteiger partial charge in [0.2, 0.25) is 0 Å². The number of carbonyl (C=O) groups excluding carboxylic acids is 1. The summed E-state index contributed by atoms with van der Waals surface area (Å²) >= 11 is 5.11. The number of benzene rings is 1. The number of rotatable bonds is 7. The van der Waals surface area contributed by atoms with E-state index in [1.54, 1.807) is 20.7 Å². The van der Waals surface area contributed by atoms with Crippen molar-refractivity contribution in [1.82, 2.24) is 0 Å². The van der Waals surface area contributed by atoms with Crippen LogP contribution in [-0.4, -0.2) is 30.3 Å². The molecular formula is C15H12O5S3. The van der Waals surface area contributed by atoms with Crippen LogP contribution >= 0.6 is 32.9 Å². The van der Waals surface area contributed by atoms with E-state index in [4.69, 9.17) is 26.8 Å². The molecule has 8 heteroatoms. The molecule has 1 N–H and O–H groups in total. The van der Waals surface area contributed by atoms with E-state index in [1.165, 1.54) is 0 Å². The quantitative estimate of drug-likeness (QED) is 0.264. The Morgan fingerprint density at radius 2 is 1.87 bits per heavy atom. The third-order valence-electron chi connectivity index (χ3n) is 2.56. The summed E-state index contributed by atoms with van der Waals surface area (Å²) in [5.41, 5.74) is 1.07. The van der Waals surface area contributed by atoms with Crippen LogP contribution in [0.2, 0.25) is 0 Å². The van der Waals surface area contributed by atoms with Gasteiger partial charge in [-0.15, -0.1) is 0 Å². The Morgan fingerprint density at radius 1 is 1.13 bits per heavy atom. The Labute approximate surface area is 144 Å². The largest absolute Gasteiger partial charge is 0.490 e. The highest BCUT2D eigenvalue weighted by Gasteiger charge is 2.02. The highest BCUT2D eigenvalue weighted by molar-refractivity contribution is 7.80. The Kier molecular flexibility index (Phi) is 6.45. The van der Waals surface area contributed by atoms with E-state index >= 15 is 0 Å². The first-order chi connectivity index (χ1) is 11.0. The number of hydrogen-bond donors (Lipinski definition) is 1. The summed E-state index contributed by atoms with van der Waals surface area (Å²) < 4.78 is 11.1. The standard InChI is InChI=1S/C15H12O5S3/c16-13(17)5-6-14(18)20-8-7-19-11-3-1-10(2-4-11)12-9-15(21)23-22-12/h1-6,9H,7-8H2,(H,16,17)/b6-5-. The molecule has 2 aromatic rings. The molecule has 5 nitrogen and oxygen atoms in total. The zero-order chi connectivity index (χ0) is 16.7. The zero-order valence-electron chi connectivity index (χ0n) is 11.8. The fraction of sp³-hybridized carbons (Fsp3) is 0.133. The van der Waals surface area contributed by atoms with Crippen LogP contribution in [0.25, 0.3) is 10.4 Å². The smallest absolute Gasteiger partial charge is 0.331 e. The van der Waals surface area contributed by atoms with Crippen molar-refractivity contribution in [3.05, 3.63) is 46.3 Å². The maximum atomic E-state index is 11.1. The molecule has 0 atom stereocenters. The average molecular weight is 368 g/mol. The minimum absolute atomic E-state index is 0.0382. The molecule has 1 aromatic heterocycles. The van der Waals surface area contributed by atoms with E-state index in [0.717, 1.165) is 26.4 Å². The van der Waals surface area contributed by atoms with Crippen molar-refractivity contribution in [2.75, 3.05) is 13.2 Å². The van der Waals surface area contributed by atoms with Crippen molar-refractivity contribution in [2.24, 2.45) is 0 Å². The number of esters is 1. The molecule has 23 heavy (non-hydrogen) atoms. The van der Waals surface area contributed by atoms with Crippen LogP contribution in [0.1, 0.15) is 0 Å². The molecule has 1 aromatic carbocycles. The summed E-state index contributed by atoms with van der Waals surface area (Å²) in [6.07, 6.45) is 1.58. The lowest BCUT2D eigenvalue weighted by Crippen LogP contribution is -2.10. The van der Waals surface area contributed by atoms with Gasteiger partial charge in [0.1, 0.15) is 22.8 Å². The lowest BCUT2D eigenvalue weighted by Gasteiger charge is -2.06. The van der Waals surface area contributed by atoms with Gasteiger partial charge in [0.25, 0.3) is 0 Å². The molecule has 0 bridgehead atoms. The summed E-state index contributed by atoms with van der Waals surface area (Å²) in [4.78, 5) is 22.5. The minimum Gasteiger partial charge on any atom is -0.490 e. The fourth-order valence-electron chi connectivity index (χ4n) is 1.58. The number of hydrogen-bond acceptors (Lipinski definition) is 7. The predicted octanol–water partition coefficient (Wildman–Crippen LogP) is 3.77. The van der Waals surface area contributed by atoms with Gasteiger partial charge in [-0.05, 0) is 35.9 Å². The molecule has 0 saturated heterocycles. The second kappa shape index (κ2) is 8.56. The lowest BCUT2D eigenvalue weighted by molar-refractivity contribution is -0.139. The first-order valence-electron chi connectivity index (χ1n) is 6.46. The SMILES string of the molecule is O=C(O)/C=C\C(=O)OCCOc1ccc(-c2cc(=S)ss2)cc1. The van der Waals surface area contributed by atoms with Gasteiger partial charge in [-0.25, -0.2) is 9.59 Å². The van der Waals surface area contributed by atoms with Crippen molar-refractivity contribution >= 4 is 44.8 Å². The number of carboxylic acid groups (broad SMARTS) is 1. The lowest BCUT2D eigenvalue weighted by atomic mass is 10.2. The molecule has 2 rings (SSSR count). The zero-order valence-corrected chi connectivity index (χ0v) is 14.2. The van der Waals surface area contributed by atoms with E-state index < -0.39 is 11.9 Å². The Hall–Kier alpha value is -2.03. The Balaban J connectivity index is 1.77. The van der Waals surface area contributed by atoms with Crippen LogP contribution < -0.4 is 4.74 Å². The molecule has 0 aliphatic rings. The summed E-state index contributed by atoms with van der Waals surface area (Å²) in [7, 11) is 3.19. The van der Waals surface area contributed by atoms with Crippen LogP contribution in [0.5, 0.6) is 5.75 Å². The van der Waals surface area contributed by atoms with Gasteiger partial charge < -0.3 is 14.6 Å². The van der Waals surface area contributed by atoms with Gasteiger partial charge in [0, 0.05) is 17.0 Å². The Morgan fingerprint density at radius 3 is 2.48 bits per heavy atom. The highest BCUT2D eigenvalue weighted by atomic mass is 32.9. The van der Waals surface area contributed by atoms with Gasteiger partial charge >= 0.3 is 11.9 Å². The molecule has 0 radical (unpaired) electrons. The Bertz CT molecular complexity index is 758. The van der Waals surface area contributed by atoms with Crippen LogP contribution in [-0.2, 0) is 14.3 Å². The van der Waals surface area contributed by atoms with Gasteiger partial charge in [0.05, 0.1) is 0 Å². The third-order valence-corrected chi connectivity index (χ3v) is 5.47. The van der Waals surface area contributed by atoms with Crippen molar-refractivity contribution in [3.63, 3.8) is 0 Å². The molecule has 0 aliphatic carbocycles. The number of carboxylic acids is 1. The van der Waals surface area contributed by atoms with Gasteiger partial charge in [-0.2, -0.15) is 0 Å². The van der Waals surface area contributed by atoms with E-state index in [-0.39, 0.29) is 13.2 Å². The van der Waals surface area contributed by atoms with Crippen LogP contribution in [0.15, 0.2) is 42.5 Å². The van der Waals surface area contributed by atoms with E-state index in [2.05, 4.69) is 0 Å². The fourth-order valence-corrected chi connectivity index (χ4v) is 3.98. The maximum absolute atomic E-state index is 11.1. The molecule has 0 amide bonds. The molecular weight excluding hydrogens is 356 g/mol. The van der Waals surface area contributed by atoms with Crippen LogP contribution in [0.4, 0.5) is 0 Å². The van der Waals surface area contributed by atoms with Crippen LogP contribution in [0, 0.1) is 3.82 Å². The van der Waals surface area contributed by atoms with Gasteiger partial charge in [-0.1, -0.05) is 32.9 Å². The first-order valence-corrected chi connectivity index (χ1v) is 9.01.